The zero-order valence-electron chi connectivity index (χ0n) is 15.8. The molecule has 1 fully saturated rings. The second-order valence-electron chi connectivity index (χ2n) is 7.12. The van der Waals surface area contributed by atoms with E-state index in [1.807, 2.05) is 0 Å². The molecule has 1 aliphatic carbocycles. The van der Waals surface area contributed by atoms with Crippen LogP contribution in [0.5, 0.6) is 5.75 Å². The van der Waals surface area contributed by atoms with Crippen molar-refractivity contribution in [2.24, 2.45) is 0 Å². The smallest absolute Gasteiger partial charge is 0.387 e. The molecule has 29 heavy (non-hydrogen) atoms. The Labute approximate surface area is 169 Å². The van der Waals surface area contributed by atoms with Gasteiger partial charge in [-0.25, -0.2) is 8.42 Å². The second kappa shape index (κ2) is 9.35. The van der Waals surface area contributed by atoms with Crippen molar-refractivity contribution in [2.45, 2.75) is 49.7 Å². The highest BCUT2D eigenvalue weighted by atomic mass is 32.2. The van der Waals surface area contributed by atoms with Crippen molar-refractivity contribution >= 4 is 21.4 Å². The van der Waals surface area contributed by atoms with E-state index < -0.39 is 22.4 Å². The Kier molecular flexibility index (Phi) is 6.84. The summed E-state index contributed by atoms with van der Waals surface area (Å²) in [7, 11) is -3.24. The maximum absolute atomic E-state index is 12.7. The van der Waals surface area contributed by atoms with E-state index in [0.29, 0.717) is 24.1 Å². The molecule has 1 aliphatic rings. The van der Waals surface area contributed by atoms with Crippen LogP contribution in [0.4, 0.5) is 14.5 Å². The predicted molar refractivity (Wildman–Crippen MR) is 107 cm³/mol. The summed E-state index contributed by atoms with van der Waals surface area (Å²) in [6, 6.07) is 12.1. The van der Waals surface area contributed by atoms with E-state index in [0.717, 1.165) is 19.3 Å². The standard InChI is InChI=1S/C21H23F2NO4S/c22-21(23)28-18-11-9-16(10-12-18)20(25)24-17-6-4-5-15(13-17)14-29(26,27)19-7-2-1-3-8-19/h4-6,9-13,19,21H,1-3,7-8,14H2,(H,24,25). The Morgan fingerprint density at radius 2 is 1.76 bits per heavy atom. The van der Waals surface area contributed by atoms with Crippen LogP contribution in [0.1, 0.15) is 48.0 Å². The van der Waals surface area contributed by atoms with Crippen molar-refractivity contribution in [3.8, 4) is 5.75 Å². The highest BCUT2D eigenvalue weighted by Crippen LogP contribution is 2.27. The quantitative estimate of drug-likeness (QED) is 0.695. The molecule has 3 rings (SSSR count). The number of hydrogen-bond acceptors (Lipinski definition) is 4. The number of rotatable bonds is 7. The number of sulfone groups is 1. The number of benzene rings is 2. The fourth-order valence-corrected chi connectivity index (χ4v) is 5.44. The maximum Gasteiger partial charge on any atom is 0.387 e. The zero-order chi connectivity index (χ0) is 20.9. The number of carbonyl (C=O) groups is 1. The second-order valence-corrected chi connectivity index (χ2v) is 9.41. The Hall–Kier alpha value is -2.48. The van der Waals surface area contributed by atoms with Crippen molar-refractivity contribution < 1.29 is 26.7 Å². The summed E-state index contributed by atoms with van der Waals surface area (Å²) in [5.74, 6) is -0.520. The zero-order valence-corrected chi connectivity index (χ0v) is 16.6. The first kappa shape index (κ1) is 21.2. The van der Waals surface area contributed by atoms with Gasteiger partial charge in [0.05, 0.1) is 11.0 Å². The van der Waals surface area contributed by atoms with Crippen LogP contribution in [0.25, 0.3) is 0 Å². The fraction of sp³-hybridized carbons (Fsp3) is 0.381. The molecule has 0 aromatic heterocycles. The van der Waals surface area contributed by atoms with Gasteiger partial charge in [-0.3, -0.25) is 4.79 Å². The molecule has 5 nitrogen and oxygen atoms in total. The molecule has 1 saturated carbocycles. The average molecular weight is 423 g/mol. The van der Waals surface area contributed by atoms with Crippen molar-refractivity contribution in [1.29, 1.82) is 0 Å². The van der Waals surface area contributed by atoms with Gasteiger partial charge in [0.2, 0.25) is 0 Å². The lowest BCUT2D eigenvalue weighted by molar-refractivity contribution is -0.0498. The number of alkyl halides is 2. The largest absolute Gasteiger partial charge is 0.435 e. The van der Waals surface area contributed by atoms with Gasteiger partial charge in [0, 0.05) is 11.3 Å². The Bertz CT molecular complexity index is 939. The number of amides is 1. The first-order valence-electron chi connectivity index (χ1n) is 9.50. The molecule has 0 saturated heterocycles. The number of halogens is 2. The van der Waals surface area contributed by atoms with Crippen molar-refractivity contribution in [3.05, 3.63) is 59.7 Å². The molecule has 0 radical (unpaired) electrons. The van der Waals surface area contributed by atoms with E-state index in [1.165, 1.54) is 24.3 Å². The average Bonchev–Trinajstić information content (AvgIpc) is 2.68. The topological polar surface area (TPSA) is 72.5 Å². The molecule has 1 amide bonds. The minimum absolute atomic E-state index is 0.0357. The maximum atomic E-state index is 12.7. The number of nitrogens with one attached hydrogen (secondary N) is 1. The number of carbonyl (C=O) groups excluding carboxylic acids is 1. The molecule has 2 aromatic rings. The summed E-state index contributed by atoms with van der Waals surface area (Å²) in [5.41, 5.74) is 1.36. The van der Waals surface area contributed by atoms with Crippen LogP contribution < -0.4 is 10.1 Å². The van der Waals surface area contributed by atoms with Gasteiger partial charge >= 0.3 is 6.61 Å². The monoisotopic (exact) mass is 423 g/mol. The summed E-state index contributed by atoms with van der Waals surface area (Å²) >= 11 is 0. The number of hydrogen-bond donors (Lipinski definition) is 1. The molecular weight excluding hydrogens is 400 g/mol. The van der Waals surface area contributed by atoms with Crippen LogP contribution >= 0.6 is 0 Å². The van der Waals surface area contributed by atoms with E-state index in [1.54, 1.807) is 24.3 Å². The van der Waals surface area contributed by atoms with Gasteiger partial charge in [-0.05, 0) is 54.8 Å². The lowest BCUT2D eigenvalue weighted by Gasteiger charge is -2.21. The summed E-state index contributed by atoms with van der Waals surface area (Å²) in [5, 5.41) is 2.41. The number of ether oxygens (including phenoxy) is 1. The van der Waals surface area contributed by atoms with Gasteiger partial charge in [0.15, 0.2) is 9.84 Å². The van der Waals surface area contributed by atoms with Crippen LogP contribution in [0.3, 0.4) is 0 Å². The highest BCUT2D eigenvalue weighted by Gasteiger charge is 2.27. The Morgan fingerprint density at radius 3 is 2.41 bits per heavy atom. The minimum atomic E-state index is -3.24. The van der Waals surface area contributed by atoms with E-state index >= 15 is 0 Å². The summed E-state index contributed by atoms with van der Waals surface area (Å²) in [6.07, 6.45) is 4.40. The van der Waals surface area contributed by atoms with E-state index in [2.05, 4.69) is 10.1 Å². The van der Waals surface area contributed by atoms with E-state index in [4.69, 9.17) is 0 Å². The molecule has 0 aliphatic heterocycles. The molecule has 0 heterocycles. The fourth-order valence-electron chi connectivity index (χ4n) is 3.50. The molecule has 0 spiro atoms. The Balaban J connectivity index is 1.65. The third-order valence-corrected chi connectivity index (χ3v) is 7.18. The normalized spacial score (nSPS) is 15.3. The number of anilines is 1. The lowest BCUT2D eigenvalue weighted by atomic mass is 10.0. The van der Waals surface area contributed by atoms with Gasteiger partial charge in [-0.2, -0.15) is 8.78 Å². The summed E-state index contributed by atoms with van der Waals surface area (Å²) in [6.45, 7) is -2.93. The molecular formula is C21H23F2NO4S. The van der Waals surface area contributed by atoms with E-state index in [9.17, 15) is 22.0 Å². The van der Waals surface area contributed by atoms with Crippen LogP contribution in [-0.2, 0) is 15.6 Å². The van der Waals surface area contributed by atoms with Gasteiger partial charge in [0.1, 0.15) is 5.75 Å². The van der Waals surface area contributed by atoms with Crippen LogP contribution in [0.2, 0.25) is 0 Å². The molecule has 8 heteroatoms. The molecule has 1 N–H and O–H groups in total. The highest BCUT2D eigenvalue weighted by molar-refractivity contribution is 7.91. The molecule has 0 atom stereocenters. The third kappa shape index (κ3) is 6.00. The van der Waals surface area contributed by atoms with Gasteiger partial charge in [-0.15, -0.1) is 0 Å². The molecule has 156 valence electrons. The predicted octanol–water partition coefficient (Wildman–Crippen LogP) is 4.79. The minimum Gasteiger partial charge on any atom is -0.435 e. The summed E-state index contributed by atoms with van der Waals surface area (Å²) in [4.78, 5) is 12.4. The van der Waals surface area contributed by atoms with Gasteiger partial charge in [0.25, 0.3) is 5.91 Å². The van der Waals surface area contributed by atoms with Crippen molar-refractivity contribution in [3.63, 3.8) is 0 Å². The first-order chi connectivity index (χ1) is 13.8. The molecule has 2 aromatic carbocycles. The van der Waals surface area contributed by atoms with Crippen LogP contribution in [0, 0.1) is 0 Å². The van der Waals surface area contributed by atoms with Crippen molar-refractivity contribution in [2.75, 3.05) is 5.32 Å². The summed E-state index contributed by atoms with van der Waals surface area (Å²) < 4.78 is 54.0. The van der Waals surface area contributed by atoms with Gasteiger partial charge in [-0.1, -0.05) is 31.4 Å². The third-order valence-electron chi connectivity index (χ3n) is 4.95. The van der Waals surface area contributed by atoms with Crippen LogP contribution in [0.15, 0.2) is 48.5 Å². The molecule has 0 bridgehead atoms. The SMILES string of the molecule is O=C(Nc1cccc(CS(=O)(=O)C2CCCCC2)c1)c1ccc(OC(F)F)cc1. The lowest BCUT2D eigenvalue weighted by Crippen LogP contribution is -2.25. The van der Waals surface area contributed by atoms with Crippen molar-refractivity contribution in [1.82, 2.24) is 0 Å². The van der Waals surface area contributed by atoms with Crippen LogP contribution in [-0.4, -0.2) is 26.2 Å². The molecule has 0 unspecified atom stereocenters. The van der Waals surface area contributed by atoms with Gasteiger partial charge < -0.3 is 10.1 Å². The Morgan fingerprint density at radius 1 is 1.07 bits per heavy atom. The van der Waals surface area contributed by atoms with E-state index in [-0.39, 0.29) is 22.3 Å². The first-order valence-corrected chi connectivity index (χ1v) is 11.2.